The van der Waals surface area contributed by atoms with Gasteiger partial charge in [-0.2, -0.15) is 0 Å². The first kappa shape index (κ1) is 12.6. The number of ether oxygens (including phenoxy) is 1. The molecule has 0 amide bonds. The minimum Gasteiger partial charge on any atom is -0.481 e. The summed E-state index contributed by atoms with van der Waals surface area (Å²) in [5.74, 6) is 1.54. The van der Waals surface area contributed by atoms with Crippen molar-refractivity contribution in [3.8, 4) is 5.88 Å². The molecule has 0 spiro atoms. The molecule has 0 radical (unpaired) electrons. The summed E-state index contributed by atoms with van der Waals surface area (Å²) in [6.45, 7) is 0. The quantitative estimate of drug-likeness (QED) is 0.804. The third-order valence-electron chi connectivity index (χ3n) is 3.34. The Labute approximate surface area is 111 Å². The third-order valence-corrected chi connectivity index (χ3v) is 4.41. The van der Waals surface area contributed by atoms with Crippen molar-refractivity contribution in [1.29, 1.82) is 0 Å². The Hall–Kier alpha value is -0.840. The number of anilines is 1. The lowest BCUT2D eigenvalue weighted by atomic mass is 9.94. The molecular weight excluding hydrogens is 282 g/mol. The summed E-state index contributed by atoms with van der Waals surface area (Å²) in [7, 11) is 3.71. The Morgan fingerprint density at radius 2 is 2.12 bits per heavy atom. The largest absolute Gasteiger partial charge is 0.481 e. The van der Waals surface area contributed by atoms with Gasteiger partial charge in [-0.05, 0) is 12.8 Å². The maximum Gasteiger partial charge on any atom is 0.218 e. The van der Waals surface area contributed by atoms with Crippen LogP contribution in [0.5, 0.6) is 5.88 Å². The summed E-state index contributed by atoms with van der Waals surface area (Å²) in [6.07, 6.45) is 6.60. The molecule has 0 aliphatic heterocycles. The average molecular weight is 300 g/mol. The summed E-state index contributed by atoms with van der Waals surface area (Å²) < 4.78 is 5.13. The van der Waals surface area contributed by atoms with Crippen LogP contribution in [0, 0.1) is 0 Å². The zero-order valence-corrected chi connectivity index (χ0v) is 11.9. The van der Waals surface area contributed by atoms with Gasteiger partial charge in [0, 0.05) is 24.0 Å². The maximum atomic E-state index is 5.13. The van der Waals surface area contributed by atoms with Crippen LogP contribution in [-0.2, 0) is 0 Å². The van der Waals surface area contributed by atoms with Gasteiger partial charge in [0.2, 0.25) is 5.88 Å². The highest BCUT2D eigenvalue weighted by atomic mass is 79.9. The second-order valence-electron chi connectivity index (χ2n) is 4.40. The molecular formula is C12H18BrN3O. The van der Waals surface area contributed by atoms with Gasteiger partial charge in [-0.3, -0.25) is 0 Å². The SMILES string of the molecule is COc1cc(N(C)C2CCCCC2Br)ncn1. The van der Waals surface area contributed by atoms with E-state index in [0.717, 1.165) is 5.82 Å². The van der Waals surface area contributed by atoms with Crippen molar-refractivity contribution in [1.82, 2.24) is 9.97 Å². The highest BCUT2D eigenvalue weighted by Crippen LogP contribution is 2.30. The van der Waals surface area contributed by atoms with E-state index in [1.54, 1.807) is 13.4 Å². The van der Waals surface area contributed by atoms with E-state index in [0.29, 0.717) is 16.7 Å². The van der Waals surface area contributed by atoms with Crippen LogP contribution < -0.4 is 9.64 Å². The van der Waals surface area contributed by atoms with Crippen molar-refractivity contribution in [2.24, 2.45) is 0 Å². The Morgan fingerprint density at radius 3 is 2.82 bits per heavy atom. The number of halogens is 1. The molecule has 94 valence electrons. The zero-order chi connectivity index (χ0) is 12.3. The number of aromatic nitrogens is 2. The van der Waals surface area contributed by atoms with Crippen LogP contribution in [-0.4, -0.2) is 35.0 Å². The number of nitrogens with zero attached hydrogens (tertiary/aromatic N) is 3. The van der Waals surface area contributed by atoms with Gasteiger partial charge in [-0.1, -0.05) is 28.8 Å². The molecule has 0 bridgehead atoms. The number of methoxy groups -OCH3 is 1. The second-order valence-corrected chi connectivity index (χ2v) is 5.57. The number of hydrogen-bond acceptors (Lipinski definition) is 4. The monoisotopic (exact) mass is 299 g/mol. The first-order valence-electron chi connectivity index (χ1n) is 5.95. The topological polar surface area (TPSA) is 38.2 Å². The molecule has 1 aromatic heterocycles. The van der Waals surface area contributed by atoms with E-state index in [9.17, 15) is 0 Å². The summed E-state index contributed by atoms with van der Waals surface area (Å²) >= 11 is 3.77. The van der Waals surface area contributed by atoms with Crippen molar-refractivity contribution in [3.63, 3.8) is 0 Å². The van der Waals surface area contributed by atoms with Gasteiger partial charge in [0.15, 0.2) is 0 Å². The van der Waals surface area contributed by atoms with Crippen molar-refractivity contribution in [3.05, 3.63) is 12.4 Å². The predicted molar refractivity (Wildman–Crippen MR) is 72.0 cm³/mol. The summed E-state index contributed by atoms with van der Waals surface area (Å²) in [4.78, 5) is 11.1. The average Bonchev–Trinajstić information content (AvgIpc) is 2.38. The summed E-state index contributed by atoms with van der Waals surface area (Å²) in [5.41, 5.74) is 0. The summed E-state index contributed by atoms with van der Waals surface area (Å²) in [6, 6.07) is 2.39. The number of rotatable bonds is 3. The van der Waals surface area contributed by atoms with Gasteiger partial charge in [-0.25, -0.2) is 9.97 Å². The molecule has 0 saturated heterocycles. The molecule has 1 fully saturated rings. The Morgan fingerprint density at radius 1 is 1.35 bits per heavy atom. The predicted octanol–water partition coefficient (Wildman–Crippen LogP) is 2.63. The molecule has 1 aromatic rings. The van der Waals surface area contributed by atoms with E-state index in [-0.39, 0.29) is 0 Å². The normalized spacial score (nSPS) is 24.4. The number of hydrogen-bond donors (Lipinski definition) is 0. The van der Waals surface area contributed by atoms with Crippen molar-refractivity contribution in [2.75, 3.05) is 19.1 Å². The van der Waals surface area contributed by atoms with Crippen LogP contribution in [0.15, 0.2) is 12.4 Å². The van der Waals surface area contributed by atoms with Crippen molar-refractivity contribution < 1.29 is 4.74 Å². The smallest absolute Gasteiger partial charge is 0.218 e. The lowest BCUT2D eigenvalue weighted by Gasteiger charge is -2.35. The van der Waals surface area contributed by atoms with Gasteiger partial charge in [0.05, 0.1) is 7.11 Å². The van der Waals surface area contributed by atoms with Crippen LogP contribution in [0.3, 0.4) is 0 Å². The molecule has 2 unspecified atom stereocenters. The molecule has 0 aromatic carbocycles. The molecule has 1 aliphatic carbocycles. The molecule has 1 aliphatic rings. The molecule has 1 heterocycles. The molecule has 0 N–H and O–H groups in total. The third kappa shape index (κ3) is 2.89. The molecule has 2 atom stereocenters. The van der Waals surface area contributed by atoms with E-state index >= 15 is 0 Å². The minimum absolute atomic E-state index is 0.503. The molecule has 5 heteroatoms. The molecule has 4 nitrogen and oxygen atoms in total. The Balaban J connectivity index is 2.14. The standard InChI is InChI=1S/C12H18BrN3O/c1-16(10-6-4-3-5-9(10)13)11-7-12(17-2)15-8-14-11/h7-10H,3-6H2,1-2H3. The minimum atomic E-state index is 0.503. The Bertz CT molecular complexity index is 375. The fraction of sp³-hybridized carbons (Fsp3) is 0.667. The number of alkyl halides is 1. The van der Waals surface area contributed by atoms with E-state index in [1.807, 2.05) is 6.07 Å². The van der Waals surface area contributed by atoms with Gasteiger partial charge in [0.25, 0.3) is 0 Å². The van der Waals surface area contributed by atoms with E-state index in [4.69, 9.17) is 4.74 Å². The highest BCUT2D eigenvalue weighted by molar-refractivity contribution is 9.09. The van der Waals surface area contributed by atoms with Crippen LogP contribution in [0.2, 0.25) is 0 Å². The van der Waals surface area contributed by atoms with Gasteiger partial charge >= 0.3 is 0 Å². The summed E-state index contributed by atoms with van der Waals surface area (Å²) in [5, 5.41) is 0. The van der Waals surface area contributed by atoms with E-state index in [2.05, 4.69) is 37.8 Å². The van der Waals surface area contributed by atoms with Crippen molar-refractivity contribution >= 4 is 21.7 Å². The van der Waals surface area contributed by atoms with E-state index < -0.39 is 0 Å². The molecule has 2 rings (SSSR count). The molecule has 17 heavy (non-hydrogen) atoms. The van der Waals surface area contributed by atoms with Crippen molar-refractivity contribution in [2.45, 2.75) is 36.6 Å². The van der Waals surface area contributed by atoms with E-state index in [1.165, 1.54) is 25.7 Å². The van der Waals surface area contributed by atoms with Gasteiger partial charge in [-0.15, -0.1) is 0 Å². The lowest BCUT2D eigenvalue weighted by Crippen LogP contribution is -2.41. The fourth-order valence-corrected chi connectivity index (χ4v) is 3.25. The van der Waals surface area contributed by atoms with Crippen LogP contribution in [0.4, 0.5) is 5.82 Å². The molecule has 1 saturated carbocycles. The maximum absolute atomic E-state index is 5.13. The van der Waals surface area contributed by atoms with Crippen LogP contribution >= 0.6 is 15.9 Å². The second kappa shape index (κ2) is 5.67. The first-order chi connectivity index (χ1) is 8.22. The highest BCUT2D eigenvalue weighted by Gasteiger charge is 2.27. The lowest BCUT2D eigenvalue weighted by molar-refractivity contribution is 0.395. The van der Waals surface area contributed by atoms with Gasteiger partial charge in [0.1, 0.15) is 12.1 Å². The van der Waals surface area contributed by atoms with Crippen LogP contribution in [0.25, 0.3) is 0 Å². The van der Waals surface area contributed by atoms with Gasteiger partial charge < -0.3 is 9.64 Å². The fourth-order valence-electron chi connectivity index (χ4n) is 2.31. The van der Waals surface area contributed by atoms with Crippen LogP contribution in [0.1, 0.15) is 25.7 Å². The zero-order valence-electron chi connectivity index (χ0n) is 10.3. The Kier molecular flexibility index (Phi) is 4.20. The first-order valence-corrected chi connectivity index (χ1v) is 6.87.